The Labute approximate surface area is 167 Å². The lowest BCUT2D eigenvalue weighted by molar-refractivity contribution is 0.354. The molecule has 138 valence electrons. The first kappa shape index (κ1) is 23.2. The molecule has 0 saturated heterocycles. The summed E-state index contributed by atoms with van der Waals surface area (Å²) in [6, 6.07) is 6.01. The van der Waals surface area contributed by atoms with Gasteiger partial charge in [-0.2, -0.15) is 11.8 Å². The first-order valence-corrected chi connectivity index (χ1v) is 9.29. The van der Waals surface area contributed by atoms with E-state index in [1.54, 1.807) is 21.3 Å². The van der Waals surface area contributed by atoms with Gasteiger partial charge in [0, 0.05) is 20.1 Å². The highest BCUT2D eigenvalue weighted by Gasteiger charge is 2.04. The number of guanidine groups is 1. The maximum Gasteiger partial charge on any atom is 0.190 e. The molecule has 0 bridgehead atoms. The predicted octanol–water partition coefficient (Wildman–Crippen LogP) is 3.17. The van der Waals surface area contributed by atoms with E-state index in [2.05, 4.69) is 27.9 Å². The van der Waals surface area contributed by atoms with E-state index in [1.807, 2.05) is 23.9 Å². The third-order valence-corrected chi connectivity index (χ3v) is 4.14. The van der Waals surface area contributed by atoms with Crippen LogP contribution in [0.15, 0.2) is 23.2 Å². The van der Waals surface area contributed by atoms with Crippen LogP contribution in [0, 0.1) is 0 Å². The molecular weight excluding hydrogens is 437 g/mol. The maximum atomic E-state index is 5.33. The second-order valence-corrected chi connectivity index (χ2v) is 6.05. The van der Waals surface area contributed by atoms with Crippen molar-refractivity contribution in [2.75, 3.05) is 46.4 Å². The van der Waals surface area contributed by atoms with Gasteiger partial charge in [0.2, 0.25) is 0 Å². The van der Waals surface area contributed by atoms with E-state index in [-0.39, 0.29) is 24.0 Å². The van der Waals surface area contributed by atoms with Gasteiger partial charge in [-0.3, -0.25) is 4.99 Å². The van der Waals surface area contributed by atoms with E-state index in [1.165, 1.54) is 17.7 Å². The average molecular weight is 467 g/mol. The van der Waals surface area contributed by atoms with E-state index in [9.17, 15) is 0 Å². The molecule has 0 aliphatic rings. The van der Waals surface area contributed by atoms with Crippen molar-refractivity contribution < 1.29 is 9.47 Å². The van der Waals surface area contributed by atoms with Gasteiger partial charge >= 0.3 is 0 Å². The van der Waals surface area contributed by atoms with E-state index >= 15 is 0 Å². The van der Waals surface area contributed by atoms with Crippen LogP contribution in [0.2, 0.25) is 0 Å². The fraction of sp³-hybridized carbons (Fsp3) is 0.588. The van der Waals surface area contributed by atoms with Gasteiger partial charge in [-0.15, -0.1) is 24.0 Å². The number of hydrogen-bond donors (Lipinski definition) is 2. The lowest BCUT2D eigenvalue weighted by Crippen LogP contribution is -2.38. The molecule has 1 aromatic carbocycles. The van der Waals surface area contributed by atoms with E-state index in [0.29, 0.717) is 0 Å². The molecule has 0 spiro atoms. The Kier molecular flexibility index (Phi) is 14.0. The van der Waals surface area contributed by atoms with Crippen LogP contribution in [0.4, 0.5) is 0 Å². The number of unbranched alkanes of at least 4 members (excludes halogenated alkanes) is 1. The second-order valence-electron chi connectivity index (χ2n) is 5.07. The van der Waals surface area contributed by atoms with Crippen LogP contribution >= 0.6 is 35.7 Å². The summed E-state index contributed by atoms with van der Waals surface area (Å²) >= 11 is 1.89. The SMILES string of the molecule is CN=C(NCCCCSC)NCCc1ccc(OC)c(OC)c1.I. The molecule has 2 N–H and O–H groups in total. The summed E-state index contributed by atoms with van der Waals surface area (Å²) in [5, 5.41) is 6.68. The molecule has 0 aromatic heterocycles. The van der Waals surface area contributed by atoms with Gasteiger partial charge in [-0.1, -0.05) is 6.07 Å². The largest absolute Gasteiger partial charge is 0.493 e. The molecule has 0 unspecified atom stereocenters. The van der Waals surface area contributed by atoms with E-state index in [4.69, 9.17) is 9.47 Å². The van der Waals surface area contributed by atoms with Crippen LogP contribution in [0.3, 0.4) is 0 Å². The molecule has 0 heterocycles. The fourth-order valence-electron chi connectivity index (χ4n) is 2.16. The molecule has 1 rings (SSSR count). The fourth-order valence-corrected chi connectivity index (χ4v) is 2.65. The molecule has 7 heteroatoms. The molecule has 1 aromatic rings. The standard InChI is InChI=1S/C17H29N3O2S.HI/c1-18-17(19-10-5-6-12-23-4)20-11-9-14-7-8-15(21-2)16(13-14)22-3;/h7-8,13H,5-6,9-12H2,1-4H3,(H2,18,19,20);1H. The number of ether oxygens (including phenoxy) is 2. The molecule has 0 aliphatic carbocycles. The van der Waals surface area contributed by atoms with Gasteiger partial charge in [0.15, 0.2) is 17.5 Å². The zero-order valence-electron chi connectivity index (χ0n) is 15.1. The number of nitrogens with one attached hydrogen (secondary N) is 2. The van der Waals surface area contributed by atoms with Crippen molar-refractivity contribution >= 4 is 41.7 Å². The Morgan fingerprint density at radius 3 is 2.42 bits per heavy atom. The van der Waals surface area contributed by atoms with Crippen molar-refractivity contribution in [3.8, 4) is 11.5 Å². The summed E-state index contributed by atoms with van der Waals surface area (Å²) in [7, 11) is 5.10. The molecule has 0 radical (unpaired) electrons. The highest BCUT2D eigenvalue weighted by Crippen LogP contribution is 2.27. The Morgan fingerprint density at radius 1 is 1.08 bits per heavy atom. The molecule has 0 saturated carbocycles. The summed E-state index contributed by atoms with van der Waals surface area (Å²) in [4.78, 5) is 4.24. The van der Waals surface area contributed by atoms with Gasteiger partial charge in [-0.05, 0) is 49.0 Å². The van der Waals surface area contributed by atoms with Crippen LogP contribution in [0.1, 0.15) is 18.4 Å². The molecular formula is C17H30IN3O2S. The van der Waals surface area contributed by atoms with E-state index in [0.717, 1.165) is 43.4 Å². The minimum atomic E-state index is 0. The Morgan fingerprint density at radius 2 is 1.79 bits per heavy atom. The monoisotopic (exact) mass is 467 g/mol. The van der Waals surface area contributed by atoms with Crippen LogP contribution in [-0.2, 0) is 6.42 Å². The Balaban J connectivity index is 0.00000529. The molecule has 0 fully saturated rings. The third kappa shape index (κ3) is 8.86. The smallest absolute Gasteiger partial charge is 0.190 e. The van der Waals surface area contributed by atoms with Gasteiger partial charge in [0.1, 0.15) is 0 Å². The van der Waals surface area contributed by atoms with Gasteiger partial charge in [-0.25, -0.2) is 0 Å². The third-order valence-electron chi connectivity index (χ3n) is 3.45. The zero-order chi connectivity index (χ0) is 16.9. The quantitative estimate of drug-likeness (QED) is 0.240. The summed E-state index contributed by atoms with van der Waals surface area (Å²) < 4.78 is 10.6. The molecule has 24 heavy (non-hydrogen) atoms. The number of hydrogen-bond acceptors (Lipinski definition) is 4. The maximum absolute atomic E-state index is 5.33. The van der Waals surface area contributed by atoms with Crippen molar-refractivity contribution in [2.45, 2.75) is 19.3 Å². The lowest BCUT2D eigenvalue weighted by atomic mass is 10.1. The average Bonchev–Trinajstić information content (AvgIpc) is 2.59. The number of methoxy groups -OCH3 is 2. The first-order chi connectivity index (χ1) is 11.2. The van der Waals surface area contributed by atoms with Crippen molar-refractivity contribution in [1.29, 1.82) is 0 Å². The first-order valence-electron chi connectivity index (χ1n) is 7.89. The highest BCUT2D eigenvalue weighted by molar-refractivity contribution is 14.0. The number of aliphatic imine (C=N–C) groups is 1. The minimum absolute atomic E-state index is 0. The van der Waals surface area contributed by atoms with Crippen LogP contribution in [0.5, 0.6) is 11.5 Å². The second kappa shape index (κ2) is 14.5. The number of thioether (sulfide) groups is 1. The summed E-state index contributed by atoms with van der Waals surface area (Å²) in [6.07, 6.45) is 5.43. The Bertz CT molecular complexity index is 487. The number of nitrogens with zero attached hydrogens (tertiary/aromatic N) is 1. The summed E-state index contributed by atoms with van der Waals surface area (Å²) in [5.74, 6) is 3.59. The highest BCUT2D eigenvalue weighted by atomic mass is 127. The van der Waals surface area contributed by atoms with E-state index < -0.39 is 0 Å². The molecule has 0 aliphatic heterocycles. The van der Waals surface area contributed by atoms with Crippen LogP contribution < -0.4 is 20.1 Å². The predicted molar refractivity (Wildman–Crippen MR) is 116 cm³/mol. The number of benzene rings is 1. The van der Waals surface area contributed by atoms with Crippen molar-refractivity contribution in [3.05, 3.63) is 23.8 Å². The zero-order valence-corrected chi connectivity index (χ0v) is 18.2. The Hall–Kier alpha value is -0.830. The van der Waals surface area contributed by atoms with Crippen molar-refractivity contribution in [2.24, 2.45) is 4.99 Å². The van der Waals surface area contributed by atoms with Crippen molar-refractivity contribution in [3.63, 3.8) is 0 Å². The van der Waals surface area contributed by atoms with Gasteiger partial charge < -0.3 is 20.1 Å². The van der Waals surface area contributed by atoms with Crippen molar-refractivity contribution in [1.82, 2.24) is 10.6 Å². The number of rotatable bonds is 10. The minimum Gasteiger partial charge on any atom is -0.493 e. The van der Waals surface area contributed by atoms with Crippen LogP contribution in [0.25, 0.3) is 0 Å². The lowest BCUT2D eigenvalue weighted by Gasteiger charge is -2.13. The summed E-state index contributed by atoms with van der Waals surface area (Å²) in [6.45, 7) is 1.77. The summed E-state index contributed by atoms with van der Waals surface area (Å²) in [5.41, 5.74) is 1.20. The number of halogens is 1. The topological polar surface area (TPSA) is 54.9 Å². The van der Waals surface area contributed by atoms with Crippen LogP contribution in [-0.4, -0.2) is 52.3 Å². The molecule has 5 nitrogen and oxygen atoms in total. The van der Waals surface area contributed by atoms with Gasteiger partial charge in [0.25, 0.3) is 0 Å². The molecule has 0 amide bonds. The normalized spacial score (nSPS) is 10.8. The molecule has 0 atom stereocenters. The van der Waals surface area contributed by atoms with Gasteiger partial charge in [0.05, 0.1) is 14.2 Å².